The van der Waals surface area contributed by atoms with Crippen molar-refractivity contribution < 1.29 is 4.79 Å². The summed E-state index contributed by atoms with van der Waals surface area (Å²) in [5.74, 6) is -0.157. The summed E-state index contributed by atoms with van der Waals surface area (Å²) in [5, 5.41) is 3.63. The minimum absolute atomic E-state index is 0.0213. The Morgan fingerprint density at radius 1 is 1.32 bits per heavy atom. The van der Waals surface area contributed by atoms with Crippen molar-refractivity contribution in [2.24, 2.45) is 0 Å². The Kier molecular flexibility index (Phi) is 4.53. The lowest BCUT2D eigenvalue weighted by Gasteiger charge is -2.13. The van der Waals surface area contributed by atoms with Crippen LogP contribution in [0.5, 0.6) is 0 Å². The molecule has 0 unspecified atom stereocenters. The maximum Gasteiger partial charge on any atom is 0.270 e. The van der Waals surface area contributed by atoms with E-state index in [4.69, 9.17) is 11.6 Å². The van der Waals surface area contributed by atoms with Gasteiger partial charge in [-0.15, -0.1) is 0 Å². The average Bonchev–Trinajstić information content (AvgIpc) is 2.39. The molecule has 1 aromatic carbocycles. The summed E-state index contributed by atoms with van der Waals surface area (Å²) in [6.45, 7) is 1.96. The van der Waals surface area contributed by atoms with Gasteiger partial charge in [-0.25, -0.2) is 0 Å². The summed E-state index contributed by atoms with van der Waals surface area (Å²) in [7, 11) is 0. The molecule has 0 aliphatic heterocycles. The van der Waals surface area contributed by atoms with Crippen LogP contribution in [0.3, 0.4) is 0 Å². The first-order valence-electron chi connectivity index (χ1n) is 6.11. The Hall–Kier alpha value is -1.87. The van der Waals surface area contributed by atoms with Crippen LogP contribution in [0, 0.1) is 0 Å². The van der Waals surface area contributed by atoms with Gasteiger partial charge in [0.1, 0.15) is 5.69 Å². The van der Waals surface area contributed by atoms with E-state index in [0.29, 0.717) is 10.7 Å². The summed E-state index contributed by atoms with van der Waals surface area (Å²) in [4.78, 5) is 15.9. The molecule has 0 aliphatic carbocycles. The van der Waals surface area contributed by atoms with E-state index in [-0.39, 0.29) is 11.9 Å². The Balaban J connectivity index is 1.95. The number of pyridine rings is 1. The van der Waals surface area contributed by atoms with E-state index in [2.05, 4.69) is 10.3 Å². The molecule has 1 N–H and O–H groups in total. The fourth-order valence-electron chi connectivity index (χ4n) is 1.86. The van der Waals surface area contributed by atoms with Crippen LogP contribution in [0.4, 0.5) is 0 Å². The first kappa shape index (κ1) is 13.6. The number of nitrogens with one attached hydrogen (secondary N) is 1. The van der Waals surface area contributed by atoms with Crippen LogP contribution in [0.1, 0.15) is 23.0 Å². The van der Waals surface area contributed by atoms with Gasteiger partial charge in [0.15, 0.2) is 0 Å². The zero-order valence-electron chi connectivity index (χ0n) is 10.6. The normalized spacial score (nSPS) is 11.9. The number of benzene rings is 1. The molecular formula is C15H15ClN2O. The fourth-order valence-corrected chi connectivity index (χ4v) is 2.08. The molecule has 1 heterocycles. The number of carbonyl (C=O) groups is 1. The maximum atomic E-state index is 11.9. The molecule has 0 fully saturated rings. The van der Waals surface area contributed by atoms with Gasteiger partial charge in [-0.3, -0.25) is 9.78 Å². The zero-order chi connectivity index (χ0) is 13.7. The van der Waals surface area contributed by atoms with E-state index in [0.717, 1.165) is 12.0 Å². The third kappa shape index (κ3) is 4.07. The van der Waals surface area contributed by atoms with E-state index >= 15 is 0 Å². The highest BCUT2D eigenvalue weighted by atomic mass is 35.5. The van der Waals surface area contributed by atoms with Crippen LogP contribution in [-0.2, 0) is 6.42 Å². The number of hydrogen-bond donors (Lipinski definition) is 1. The van der Waals surface area contributed by atoms with Gasteiger partial charge >= 0.3 is 0 Å². The average molecular weight is 275 g/mol. The van der Waals surface area contributed by atoms with Crippen molar-refractivity contribution >= 4 is 17.5 Å². The molecule has 0 radical (unpaired) electrons. The van der Waals surface area contributed by atoms with Gasteiger partial charge in [0, 0.05) is 17.3 Å². The van der Waals surface area contributed by atoms with E-state index < -0.39 is 0 Å². The van der Waals surface area contributed by atoms with Gasteiger partial charge in [0.2, 0.25) is 0 Å². The molecule has 1 atom stereocenters. The summed E-state index contributed by atoms with van der Waals surface area (Å²) >= 11 is 5.93. The Morgan fingerprint density at radius 2 is 2.16 bits per heavy atom. The summed E-state index contributed by atoms with van der Waals surface area (Å²) < 4.78 is 0. The van der Waals surface area contributed by atoms with Crippen LogP contribution in [-0.4, -0.2) is 16.9 Å². The van der Waals surface area contributed by atoms with Crippen molar-refractivity contribution in [1.29, 1.82) is 0 Å². The van der Waals surface area contributed by atoms with Crippen molar-refractivity contribution in [3.8, 4) is 0 Å². The lowest BCUT2D eigenvalue weighted by Crippen LogP contribution is -2.34. The number of rotatable bonds is 4. The van der Waals surface area contributed by atoms with Gasteiger partial charge in [-0.05, 0) is 43.2 Å². The second-order valence-electron chi connectivity index (χ2n) is 4.42. The first-order chi connectivity index (χ1) is 9.15. The van der Waals surface area contributed by atoms with Crippen LogP contribution < -0.4 is 5.32 Å². The monoisotopic (exact) mass is 274 g/mol. The largest absolute Gasteiger partial charge is 0.348 e. The van der Waals surface area contributed by atoms with E-state index in [1.54, 1.807) is 24.4 Å². The third-order valence-corrected chi connectivity index (χ3v) is 2.94. The van der Waals surface area contributed by atoms with Gasteiger partial charge < -0.3 is 5.32 Å². The molecule has 1 amide bonds. The summed E-state index contributed by atoms with van der Waals surface area (Å²) in [6, 6.07) is 12.9. The molecule has 0 spiro atoms. The number of halogens is 1. The van der Waals surface area contributed by atoms with Crippen LogP contribution >= 0.6 is 11.6 Å². The third-order valence-electron chi connectivity index (χ3n) is 2.71. The van der Waals surface area contributed by atoms with E-state index in [1.165, 1.54) is 0 Å². The molecule has 4 heteroatoms. The van der Waals surface area contributed by atoms with Gasteiger partial charge in [-0.2, -0.15) is 0 Å². The molecule has 0 saturated heterocycles. The first-order valence-corrected chi connectivity index (χ1v) is 6.49. The minimum Gasteiger partial charge on any atom is -0.348 e. The Morgan fingerprint density at radius 3 is 2.84 bits per heavy atom. The smallest absolute Gasteiger partial charge is 0.270 e. The molecule has 0 aliphatic rings. The quantitative estimate of drug-likeness (QED) is 0.931. The Bertz CT molecular complexity index is 557. The second kappa shape index (κ2) is 6.34. The number of carbonyl (C=O) groups excluding carboxylic acids is 1. The van der Waals surface area contributed by atoms with Crippen molar-refractivity contribution in [1.82, 2.24) is 10.3 Å². The Labute approximate surface area is 117 Å². The molecular weight excluding hydrogens is 260 g/mol. The van der Waals surface area contributed by atoms with Crippen LogP contribution in [0.25, 0.3) is 0 Å². The van der Waals surface area contributed by atoms with Crippen molar-refractivity contribution in [3.63, 3.8) is 0 Å². The van der Waals surface area contributed by atoms with E-state index in [9.17, 15) is 4.79 Å². The molecule has 19 heavy (non-hydrogen) atoms. The topological polar surface area (TPSA) is 42.0 Å². The van der Waals surface area contributed by atoms with Gasteiger partial charge in [0.25, 0.3) is 5.91 Å². The van der Waals surface area contributed by atoms with E-state index in [1.807, 2.05) is 31.2 Å². The molecule has 0 saturated carbocycles. The summed E-state index contributed by atoms with van der Waals surface area (Å²) in [6.07, 6.45) is 2.34. The SMILES string of the molecule is C[C@H](Cc1cccc(Cl)c1)NC(=O)c1ccccn1. The maximum absolute atomic E-state index is 11.9. The van der Waals surface area contributed by atoms with Crippen LogP contribution in [0.15, 0.2) is 48.7 Å². The molecule has 0 bridgehead atoms. The molecule has 1 aromatic heterocycles. The zero-order valence-corrected chi connectivity index (χ0v) is 11.4. The number of hydrogen-bond acceptors (Lipinski definition) is 2. The predicted molar refractivity (Wildman–Crippen MR) is 76.3 cm³/mol. The molecule has 2 rings (SSSR count). The van der Waals surface area contributed by atoms with Crippen molar-refractivity contribution in [2.75, 3.05) is 0 Å². The van der Waals surface area contributed by atoms with Crippen LogP contribution in [0.2, 0.25) is 5.02 Å². The lowest BCUT2D eigenvalue weighted by atomic mass is 10.1. The molecule has 3 nitrogen and oxygen atoms in total. The van der Waals surface area contributed by atoms with Gasteiger partial charge in [0.05, 0.1) is 0 Å². The number of amides is 1. The number of nitrogens with zero attached hydrogens (tertiary/aromatic N) is 1. The highest BCUT2D eigenvalue weighted by Crippen LogP contribution is 2.12. The minimum atomic E-state index is -0.157. The van der Waals surface area contributed by atoms with Crippen molar-refractivity contribution in [3.05, 3.63) is 64.9 Å². The molecule has 2 aromatic rings. The highest BCUT2D eigenvalue weighted by molar-refractivity contribution is 6.30. The predicted octanol–water partition coefficient (Wildman–Crippen LogP) is 3.10. The summed E-state index contributed by atoms with van der Waals surface area (Å²) in [5.41, 5.74) is 1.53. The lowest BCUT2D eigenvalue weighted by molar-refractivity contribution is 0.0935. The highest BCUT2D eigenvalue weighted by Gasteiger charge is 2.10. The van der Waals surface area contributed by atoms with Crippen molar-refractivity contribution in [2.45, 2.75) is 19.4 Å². The van der Waals surface area contributed by atoms with Gasteiger partial charge in [-0.1, -0.05) is 29.8 Å². The molecule has 98 valence electrons. The number of aromatic nitrogens is 1. The standard InChI is InChI=1S/C15H15ClN2O/c1-11(9-12-5-4-6-13(16)10-12)18-15(19)14-7-2-3-8-17-14/h2-8,10-11H,9H2,1H3,(H,18,19)/t11-/m1/s1. The second-order valence-corrected chi connectivity index (χ2v) is 4.86. The fraction of sp³-hybridized carbons (Fsp3) is 0.200.